The molecular weight excluding hydrogens is 220 g/mol. The van der Waals surface area contributed by atoms with Crippen LogP contribution in [0.3, 0.4) is 0 Å². The van der Waals surface area contributed by atoms with Gasteiger partial charge in [-0.1, -0.05) is 24.8 Å². The fourth-order valence-electron chi connectivity index (χ4n) is 1.46. The van der Waals surface area contributed by atoms with E-state index in [2.05, 4.69) is 17.2 Å². The molecule has 0 amide bonds. The van der Waals surface area contributed by atoms with Gasteiger partial charge in [0.25, 0.3) is 0 Å². The normalized spacial score (nSPS) is 20.1. The molecule has 1 heterocycles. The lowest BCUT2D eigenvalue weighted by molar-refractivity contribution is 0.415. The van der Waals surface area contributed by atoms with Crippen molar-refractivity contribution in [1.29, 1.82) is 0 Å². The summed E-state index contributed by atoms with van der Waals surface area (Å²) in [5.41, 5.74) is 1.03. The Morgan fingerprint density at radius 2 is 2.38 bits per heavy atom. The van der Waals surface area contributed by atoms with Crippen LogP contribution in [0.1, 0.15) is 6.92 Å². The molecule has 0 spiro atoms. The smallest absolute Gasteiger partial charge is 0.161 e. The number of anilines is 1. The molecule has 1 aromatic rings. The van der Waals surface area contributed by atoms with Gasteiger partial charge in [0.05, 0.1) is 7.11 Å². The minimum Gasteiger partial charge on any atom is -0.497 e. The van der Waals surface area contributed by atoms with Gasteiger partial charge in [-0.2, -0.15) is 0 Å². The number of aliphatic imine (C=N–C) groups is 1. The number of thioether (sulfide) groups is 1. The van der Waals surface area contributed by atoms with Crippen molar-refractivity contribution < 1.29 is 4.74 Å². The maximum absolute atomic E-state index is 5.17. The van der Waals surface area contributed by atoms with Crippen molar-refractivity contribution >= 4 is 22.6 Å². The van der Waals surface area contributed by atoms with E-state index in [9.17, 15) is 0 Å². The highest BCUT2D eigenvalue weighted by Gasteiger charge is 2.11. The second-order valence-corrected chi connectivity index (χ2v) is 4.93. The summed E-state index contributed by atoms with van der Waals surface area (Å²) in [6, 6.07) is 7.89. The van der Waals surface area contributed by atoms with Gasteiger partial charge in [0, 0.05) is 24.1 Å². The fraction of sp³-hybridized carbons (Fsp3) is 0.417. The molecular formula is C12H16N2OS. The summed E-state index contributed by atoms with van der Waals surface area (Å²) in [5, 5.41) is 4.31. The lowest BCUT2D eigenvalue weighted by atomic mass is 10.2. The Morgan fingerprint density at radius 1 is 1.50 bits per heavy atom. The third kappa shape index (κ3) is 2.92. The molecule has 0 aromatic heterocycles. The average molecular weight is 236 g/mol. The second-order valence-electron chi connectivity index (χ2n) is 3.92. The molecule has 4 heteroatoms. The van der Waals surface area contributed by atoms with E-state index in [1.54, 1.807) is 18.9 Å². The molecule has 1 atom stereocenters. The number of hydrogen-bond donors (Lipinski definition) is 1. The van der Waals surface area contributed by atoms with E-state index < -0.39 is 0 Å². The van der Waals surface area contributed by atoms with Crippen molar-refractivity contribution in [3.05, 3.63) is 24.3 Å². The molecule has 1 unspecified atom stereocenters. The first-order chi connectivity index (χ1) is 7.78. The largest absolute Gasteiger partial charge is 0.497 e. The molecule has 1 aliphatic rings. The van der Waals surface area contributed by atoms with Gasteiger partial charge < -0.3 is 10.1 Å². The lowest BCUT2D eigenvalue weighted by Crippen LogP contribution is -2.18. The van der Waals surface area contributed by atoms with Crippen molar-refractivity contribution in [3.8, 4) is 5.75 Å². The first-order valence-corrected chi connectivity index (χ1v) is 6.35. The number of rotatable bonds is 2. The van der Waals surface area contributed by atoms with Crippen molar-refractivity contribution in [3.63, 3.8) is 0 Å². The summed E-state index contributed by atoms with van der Waals surface area (Å²) in [7, 11) is 1.67. The van der Waals surface area contributed by atoms with Crippen molar-refractivity contribution in [1.82, 2.24) is 0 Å². The van der Waals surface area contributed by atoms with Crippen LogP contribution in [0.4, 0.5) is 5.69 Å². The molecule has 16 heavy (non-hydrogen) atoms. The number of nitrogens with zero attached hydrogens (tertiary/aromatic N) is 1. The SMILES string of the molecule is COc1cccc(NC2=NCC(C)CS2)c1. The van der Waals surface area contributed by atoms with Crippen LogP contribution >= 0.6 is 11.8 Å². The van der Waals surface area contributed by atoms with Gasteiger partial charge in [0.2, 0.25) is 0 Å². The predicted molar refractivity (Wildman–Crippen MR) is 70.5 cm³/mol. The van der Waals surface area contributed by atoms with Crippen LogP contribution in [-0.2, 0) is 0 Å². The van der Waals surface area contributed by atoms with Crippen molar-refractivity contribution in [2.24, 2.45) is 10.9 Å². The highest BCUT2D eigenvalue weighted by atomic mass is 32.2. The zero-order valence-electron chi connectivity index (χ0n) is 9.56. The summed E-state index contributed by atoms with van der Waals surface area (Å²) in [6.45, 7) is 3.14. The third-order valence-corrected chi connectivity index (χ3v) is 3.61. The Bertz CT molecular complexity index is 392. The van der Waals surface area contributed by atoms with Crippen LogP contribution in [0.5, 0.6) is 5.75 Å². The molecule has 1 N–H and O–H groups in total. The van der Waals surface area contributed by atoms with E-state index in [4.69, 9.17) is 4.74 Å². The van der Waals surface area contributed by atoms with Gasteiger partial charge in [-0.3, -0.25) is 4.99 Å². The molecule has 0 radical (unpaired) electrons. The van der Waals surface area contributed by atoms with Gasteiger partial charge in [0.15, 0.2) is 5.17 Å². The molecule has 3 nitrogen and oxygen atoms in total. The molecule has 0 bridgehead atoms. The van der Waals surface area contributed by atoms with Gasteiger partial charge in [0.1, 0.15) is 5.75 Å². The second kappa shape index (κ2) is 5.25. The van der Waals surface area contributed by atoms with Crippen molar-refractivity contribution in [2.45, 2.75) is 6.92 Å². The highest BCUT2D eigenvalue weighted by Crippen LogP contribution is 2.21. The quantitative estimate of drug-likeness (QED) is 0.857. The number of hydrogen-bond acceptors (Lipinski definition) is 4. The van der Waals surface area contributed by atoms with Crippen LogP contribution in [0.25, 0.3) is 0 Å². The Hall–Kier alpha value is -1.16. The third-order valence-electron chi connectivity index (χ3n) is 2.37. The zero-order chi connectivity index (χ0) is 11.4. The molecule has 1 aromatic carbocycles. The fourth-order valence-corrected chi connectivity index (χ4v) is 2.36. The maximum Gasteiger partial charge on any atom is 0.161 e. The summed E-state index contributed by atoms with van der Waals surface area (Å²) in [6.07, 6.45) is 0. The van der Waals surface area contributed by atoms with Gasteiger partial charge in [-0.25, -0.2) is 0 Å². The van der Waals surface area contributed by atoms with Crippen molar-refractivity contribution in [2.75, 3.05) is 24.7 Å². The zero-order valence-corrected chi connectivity index (χ0v) is 10.4. The van der Waals surface area contributed by atoms with Gasteiger partial charge >= 0.3 is 0 Å². The van der Waals surface area contributed by atoms with E-state index in [-0.39, 0.29) is 0 Å². The van der Waals surface area contributed by atoms with Gasteiger partial charge in [-0.15, -0.1) is 0 Å². The molecule has 1 aliphatic heterocycles. The monoisotopic (exact) mass is 236 g/mol. The number of amidine groups is 1. The van der Waals surface area contributed by atoms with E-state index in [0.717, 1.165) is 28.9 Å². The summed E-state index contributed by atoms with van der Waals surface area (Å²) < 4.78 is 5.17. The molecule has 0 saturated carbocycles. The van der Waals surface area contributed by atoms with Crippen LogP contribution in [0.15, 0.2) is 29.3 Å². The van der Waals surface area contributed by atoms with Gasteiger partial charge in [-0.05, 0) is 18.1 Å². The van der Waals surface area contributed by atoms with Crippen LogP contribution in [-0.4, -0.2) is 24.6 Å². The summed E-state index contributed by atoms with van der Waals surface area (Å²) in [5.74, 6) is 2.68. The highest BCUT2D eigenvalue weighted by molar-refractivity contribution is 8.14. The number of nitrogens with one attached hydrogen (secondary N) is 1. The summed E-state index contributed by atoms with van der Waals surface area (Å²) >= 11 is 1.78. The van der Waals surface area contributed by atoms with E-state index in [1.807, 2.05) is 24.3 Å². The number of ether oxygens (including phenoxy) is 1. The lowest BCUT2D eigenvalue weighted by Gasteiger charge is -2.18. The van der Waals surface area contributed by atoms with Crippen LogP contribution in [0.2, 0.25) is 0 Å². The standard InChI is InChI=1S/C12H16N2OS/c1-9-7-13-12(16-8-9)14-10-4-3-5-11(6-10)15-2/h3-6,9H,7-8H2,1-2H3,(H,13,14). The van der Waals surface area contributed by atoms with Crippen LogP contribution < -0.4 is 10.1 Å². The maximum atomic E-state index is 5.17. The number of methoxy groups -OCH3 is 1. The first kappa shape index (κ1) is 11.3. The molecule has 2 rings (SSSR count). The summed E-state index contributed by atoms with van der Waals surface area (Å²) in [4.78, 5) is 4.49. The Labute approximate surface area is 100 Å². The Kier molecular flexibility index (Phi) is 3.72. The van der Waals surface area contributed by atoms with E-state index in [1.165, 1.54) is 0 Å². The van der Waals surface area contributed by atoms with Crippen LogP contribution in [0, 0.1) is 5.92 Å². The average Bonchev–Trinajstić information content (AvgIpc) is 2.32. The minimum absolute atomic E-state index is 0.681. The Morgan fingerprint density at radius 3 is 3.06 bits per heavy atom. The minimum atomic E-state index is 0.681. The molecule has 0 fully saturated rings. The predicted octanol–water partition coefficient (Wildman–Crippen LogP) is 2.85. The van der Waals surface area contributed by atoms with E-state index >= 15 is 0 Å². The molecule has 86 valence electrons. The number of benzene rings is 1. The Balaban J connectivity index is 2.03. The molecule has 0 aliphatic carbocycles. The first-order valence-electron chi connectivity index (χ1n) is 5.36. The molecule has 0 saturated heterocycles. The topological polar surface area (TPSA) is 33.6 Å². The van der Waals surface area contributed by atoms with E-state index in [0.29, 0.717) is 5.92 Å².